The molecule has 1 rings (SSSR count). The van der Waals surface area contributed by atoms with Gasteiger partial charge in [-0.3, -0.25) is 0 Å². The van der Waals surface area contributed by atoms with Crippen LogP contribution in [0.15, 0.2) is 6.20 Å². The molecule has 7 heteroatoms. The van der Waals surface area contributed by atoms with Crippen molar-refractivity contribution in [2.24, 2.45) is 5.73 Å². The zero-order chi connectivity index (χ0) is 12.9. The van der Waals surface area contributed by atoms with Crippen molar-refractivity contribution in [1.82, 2.24) is 9.71 Å². The van der Waals surface area contributed by atoms with E-state index in [9.17, 15) is 8.42 Å². The lowest BCUT2D eigenvalue weighted by Gasteiger charge is -2.11. The lowest BCUT2D eigenvalue weighted by molar-refractivity contribution is 0.564. The van der Waals surface area contributed by atoms with Gasteiger partial charge in [-0.15, -0.1) is 11.3 Å². The zero-order valence-electron chi connectivity index (χ0n) is 10.1. The maximum atomic E-state index is 11.7. The monoisotopic (exact) mass is 277 g/mol. The van der Waals surface area contributed by atoms with E-state index in [0.717, 1.165) is 16.3 Å². The van der Waals surface area contributed by atoms with Gasteiger partial charge in [0.25, 0.3) is 0 Å². The van der Waals surface area contributed by atoms with Gasteiger partial charge in [-0.05, 0) is 26.3 Å². The molecule has 0 saturated carbocycles. The fourth-order valence-electron chi connectivity index (χ4n) is 1.34. The number of aryl methyl sites for hydroxylation is 1. The number of hydrogen-bond acceptors (Lipinski definition) is 5. The summed E-state index contributed by atoms with van der Waals surface area (Å²) in [6, 6.07) is -0.275. The van der Waals surface area contributed by atoms with Crippen molar-refractivity contribution in [2.75, 3.05) is 12.3 Å². The standard InChI is InChI=1S/C10H19N3O2S2/c1-3-9-7-12-10(16-9)8(2)13-17(14,15)6-4-5-11/h7-8,13H,3-6,11H2,1-2H3. The van der Waals surface area contributed by atoms with Crippen LogP contribution in [0, 0.1) is 0 Å². The number of hydrogen-bond donors (Lipinski definition) is 2. The van der Waals surface area contributed by atoms with E-state index >= 15 is 0 Å². The van der Waals surface area contributed by atoms with Gasteiger partial charge >= 0.3 is 0 Å². The van der Waals surface area contributed by atoms with Crippen molar-refractivity contribution < 1.29 is 8.42 Å². The fraction of sp³-hybridized carbons (Fsp3) is 0.700. The molecular formula is C10H19N3O2S2. The van der Waals surface area contributed by atoms with E-state index in [1.165, 1.54) is 0 Å². The molecule has 0 spiro atoms. The number of sulfonamides is 1. The molecule has 0 bridgehead atoms. The van der Waals surface area contributed by atoms with Crippen LogP contribution in [-0.4, -0.2) is 25.7 Å². The quantitative estimate of drug-likeness (QED) is 0.779. The smallest absolute Gasteiger partial charge is 0.212 e. The van der Waals surface area contributed by atoms with Crippen molar-refractivity contribution in [2.45, 2.75) is 32.7 Å². The second-order valence-electron chi connectivity index (χ2n) is 3.82. The summed E-state index contributed by atoms with van der Waals surface area (Å²) in [5, 5.41) is 0.804. The molecule has 3 N–H and O–H groups in total. The summed E-state index contributed by atoms with van der Waals surface area (Å²) < 4.78 is 25.9. The molecule has 0 aliphatic heterocycles. The molecular weight excluding hydrogens is 258 g/mol. The van der Waals surface area contributed by atoms with Crippen molar-refractivity contribution in [1.29, 1.82) is 0 Å². The fourth-order valence-corrected chi connectivity index (χ4v) is 3.59. The lowest BCUT2D eigenvalue weighted by Crippen LogP contribution is -2.29. The topological polar surface area (TPSA) is 85.1 Å². The van der Waals surface area contributed by atoms with Crippen LogP contribution >= 0.6 is 11.3 Å². The summed E-state index contributed by atoms with van der Waals surface area (Å²) in [6.45, 7) is 4.23. The first-order valence-corrected chi connectivity index (χ1v) is 8.10. The van der Waals surface area contributed by atoms with Gasteiger partial charge in [0, 0.05) is 11.1 Å². The van der Waals surface area contributed by atoms with Crippen LogP contribution in [-0.2, 0) is 16.4 Å². The van der Waals surface area contributed by atoms with Crippen LogP contribution in [0.4, 0.5) is 0 Å². The number of nitrogens with two attached hydrogens (primary N) is 1. The molecule has 1 unspecified atom stereocenters. The first-order chi connectivity index (χ1) is 7.98. The zero-order valence-corrected chi connectivity index (χ0v) is 11.8. The number of thiazole rings is 1. The van der Waals surface area contributed by atoms with Gasteiger partial charge in [-0.25, -0.2) is 18.1 Å². The molecule has 1 heterocycles. The van der Waals surface area contributed by atoms with Crippen molar-refractivity contribution in [3.63, 3.8) is 0 Å². The lowest BCUT2D eigenvalue weighted by atomic mass is 10.4. The number of rotatable bonds is 7. The van der Waals surface area contributed by atoms with Gasteiger partial charge in [0.05, 0.1) is 11.8 Å². The second-order valence-corrected chi connectivity index (χ2v) is 6.84. The summed E-state index contributed by atoms with van der Waals surface area (Å²) in [5.41, 5.74) is 5.30. The summed E-state index contributed by atoms with van der Waals surface area (Å²) in [6.07, 6.45) is 3.19. The Morgan fingerprint density at radius 2 is 2.29 bits per heavy atom. The highest BCUT2D eigenvalue weighted by Gasteiger charge is 2.17. The average Bonchev–Trinajstić information content (AvgIpc) is 2.74. The minimum absolute atomic E-state index is 0.0693. The molecule has 0 radical (unpaired) electrons. The Kier molecular flexibility index (Phi) is 5.51. The Bertz CT molecular complexity index is 442. The normalized spacial score (nSPS) is 13.8. The molecule has 0 amide bonds. The number of aromatic nitrogens is 1. The predicted octanol–water partition coefficient (Wildman–Crippen LogP) is 1.03. The summed E-state index contributed by atoms with van der Waals surface area (Å²) in [7, 11) is -3.25. The minimum Gasteiger partial charge on any atom is -0.330 e. The van der Waals surface area contributed by atoms with Crippen LogP contribution in [0.25, 0.3) is 0 Å². The van der Waals surface area contributed by atoms with Crippen molar-refractivity contribution in [3.8, 4) is 0 Å². The average molecular weight is 277 g/mol. The van der Waals surface area contributed by atoms with Gasteiger partial charge in [0.2, 0.25) is 10.0 Å². The van der Waals surface area contributed by atoms with Gasteiger partial charge < -0.3 is 5.73 Å². The summed E-state index contributed by atoms with van der Waals surface area (Å²) in [4.78, 5) is 5.38. The SMILES string of the molecule is CCc1cnc(C(C)NS(=O)(=O)CCCN)s1. The van der Waals surface area contributed by atoms with Crippen LogP contribution in [0.3, 0.4) is 0 Å². The highest BCUT2D eigenvalue weighted by Crippen LogP contribution is 2.20. The van der Waals surface area contributed by atoms with E-state index in [0.29, 0.717) is 13.0 Å². The van der Waals surface area contributed by atoms with Crippen molar-refractivity contribution >= 4 is 21.4 Å². The van der Waals surface area contributed by atoms with E-state index < -0.39 is 10.0 Å². The van der Waals surface area contributed by atoms with Crippen LogP contribution in [0.2, 0.25) is 0 Å². The first kappa shape index (κ1) is 14.6. The van der Waals surface area contributed by atoms with Crippen LogP contribution in [0.5, 0.6) is 0 Å². The van der Waals surface area contributed by atoms with E-state index in [-0.39, 0.29) is 11.8 Å². The van der Waals surface area contributed by atoms with E-state index in [2.05, 4.69) is 9.71 Å². The molecule has 0 saturated heterocycles. The largest absolute Gasteiger partial charge is 0.330 e. The van der Waals surface area contributed by atoms with Crippen LogP contribution < -0.4 is 10.5 Å². The third-order valence-corrected chi connectivity index (χ3v) is 5.13. The molecule has 98 valence electrons. The second kappa shape index (κ2) is 6.44. The Balaban J connectivity index is 2.62. The van der Waals surface area contributed by atoms with Crippen molar-refractivity contribution in [3.05, 3.63) is 16.1 Å². The maximum Gasteiger partial charge on any atom is 0.212 e. The van der Waals surface area contributed by atoms with Gasteiger partial charge in [0.1, 0.15) is 5.01 Å². The molecule has 1 aromatic heterocycles. The molecule has 1 atom stereocenters. The molecule has 17 heavy (non-hydrogen) atoms. The molecule has 0 aliphatic rings. The minimum atomic E-state index is -3.25. The Morgan fingerprint density at radius 1 is 1.59 bits per heavy atom. The van der Waals surface area contributed by atoms with E-state index in [4.69, 9.17) is 5.73 Å². The molecule has 5 nitrogen and oxygen atoms in total. The first-order valence-electron chi connectivity index (χ1n) is 5.63. The highest BCUT2D eigenvalue weighted by molar-refractivity contribution is 7.89. The predicted molar refractivity (Wildman–Crippen MR) is 70.5 cm³/mol. The molecule has 1 aromatic rings. The molecule has 0 aliphatic carbocycles. The Labute approximate surface area is 106 Å². The molecule has 0 fully saturated rings. The molecule has 0 aromatic carbocycles. The van der Waals surface area contributed by atoms with E-state index in [1.54, 1.807) is 24.5 Å². The van der Waals surface area contributed by atoms with Crippen LogP contribution in [0.1, 0.15) is 36.2 Å². The van der Waals surface area contributed by atoms with Gasteiger partial charge in [-0.1, -0.05) is 6.92 Å². The number of nitrogens with one attached hydrogen (secondary N) is 1. The Hall–Kier alpha value is -0.500. The third kappa shape index (κ3) is 4.71. The third-order valence-electron chi connectivity index (χ3n) is 2.26. The number of nitrogens with zero attached hydrogens (tertiary/aromatic N) is 1. The summed E-state index contributed by atoms with van der Waals surface area (Å²) >= 11 is 1.54. The summed E-state index contributed by atoms with van der Waals surface area (Å²) in [5.74, 6) is 0.0693. The van der Waals surface area contributed by atoms with Gasteiger partial charge in [-0.2, -0.15) is 0 Å². The maximum absolute atomic E-state index is 11.7. The van der Waals surface area contributed by atoms with Gasteiger partial charge in [0.15, 0.2) is 0 Å². The van der Waals surface area contributed by atoms with E-state index in [1.807, 2.05) is 6.92 Å². The Morgan fingerprint density at radius 3 is 2.82 bits per heavy atom. The highest BCUT2D eigenvalue weighted by atomic mass is 32.2.